The van der Waals surface area contributed by atoms with Gasteiger partial charge in [-0.05, 0) is 24.7 Å². The van der Waals surface area contributed by atoms with E-state index in [1.54, 1.807) is 0 Å². The second kappa shape index (κ2) is 2.73. The van der Waals surface area contributed by atoms with E-state index in [1.807, 2.05) is 0 Å². The summed E-state index contributed by atoms with van der Waals surface area (Å²) in [6.45, 7) is 2.12. The normalized spacial score (nSPS) is 47.0. The highest BCUT2D eigenvalue weighted by molar-refractivity contribution is 5.70. The van der Waals surface area contributed by atoms with Crippen LogP contribution in [0.2, 0.25) is 0 Å². The average molecular weight is 170 g/mol. The van der Waals surface area contributed by atoms with Gasteiger partial charge in [0.15, 0.2) is 0 Å². The van der Waals surface area contributed by atoms with Crippen molar-refractivity contribution in [3.8, 4) is 0 Å². The van der Waals surface area contributed by atoms with Gasteiger partial charge in [-0.25, -0.2) is 0 Å². The fraction of sp³-hybridized carbons (Fsp3) is 0.889. The fourth-order valence-electron chi connectivity index (χ4n) is 2.55. The van der Waals surface area contributed by atoms with Crippen molar-refractivity contribution in [1.82, 2.24) is 0 Å². The molecule has 0 aromatic heterocycles. The largest absolute Gasteiger partial charge is 0.436 e. The highest BCUT2D eigenvalue weighted by atomic mass is 16.6. The van der Waals surface area contributed by atoms with Crippen molar-refractivity contribution in [3.63, 3.8) is 0 Å². The van der Waals surface area contributed by atoms with Gasteiger partial charge in [-0.1, -0.05) is 6.92 Å². The molecule has 3 nitrogen and oxygen atoms in total. The first-order valence-corrected chi connectivity index (χ1v) is 4.56. The minimum atomic E-state index is -0.839. The molecule has 1 saturated heterocycles. The summed E-state index contributed by atoms with van der Waals surface area (Å²) in [6, 6.07) is 0. The van der Waals surface area contributed by atoms with E-state index in [-0.39, 0.29) is 11.9 Å². The second-order valence-electron chi connectivity index (χ2n) is 3.98. The smallest absolute Gasteiger partial charge is 0.308 e. The predicted molar refractivity (Wildman–Crippen MR) is 42.1 cm³/mol. The number of fused-ring (bicyclic) bond motifs is 1. The van der Waals surface area contributed by atoms with E-state index >= 15 is 0 Å². The standard InChI is InChI=1S/C9H14O3/c1-5-2-3-6-4-7(10)12-9(11)8(5)6/h5-6,8-9,11H,2-4H2,1H3/t5-,6+,8+,9?/m0/s1. The highest BCUT2D eigenvalue weighted by Crippen LogP contribution is 2.43. The summed E-state index contributed by atoms with van der Waals surface area (Å²) >= 11 is 0. The number of cyclic esters (lactones) is 1. The maximum absolute atomic E-state index is 10.9. The molecule has 3 heteroatoms. The Bertz CT molecular complexity index is 202. The molecule has 68 valence electrons. The van der Waals surface area contributed by atoms with Crippen molar-refractivity contribution in [2.75, 3.05) is 0 Å². The van der Waals surface area contributed by atoms with Crippen LogP contribution in [0.3, 0.4) is 0 Å². The summed E-state index contributed by atoms with van der Waals surface area (Å²) in [6.07, 6.45) is 1.85. The van der Waals surface area contributed by atoms with E-state index < -0.39 is 6.29 Å². The third-order valence-corrected chi connectivity index (χ3v) is 3.20. The summed E-state index contributed by atoms with van der Waals surface area (Å²) in [4.78, 5) is 10.9. The molecule has 1 N–H and O–H groups in total. The van der Waals surface area contributed by atoms with Crippen LogP contribution in [0.4, 0.5) is 0 Å². The van der Waals surface area contributed by atoms with Crippen molar-refractivity contribution in [3.05, 3.63) is 0 Å². The van der Waals surface area contributed by atoms with Crippen molar-refractivity contribution >= 4 is 5.97 Å². The molecule has 1 saturated carbocycles. The zero-order valence-corrected chi connectivity index (χ0v) is 7.19. The van der Waals surface area contributed by atoms with E-state index in [1.165, 1.54) is 0 Å². The fourth-order valence-corrected chi connectivity index (χ4v) is 2.55. The molecule has 1 heterocycles. The van der Waals surface area contributed by atoms with Gasteiger partial charge < -0.3 is 9.84 Å². The second-order valence-corrected chi connectivity index (χ2v) is 3.98. The lowest BCUT2D eigenvalue weighted by molar-refractivity contribution is -0.197. The molecule has 1 aliphatic heterocycles. The summed E-state index contributed by atoms with van der Waals surface area (Å²) in [5.74, 6) is 0.829. The first kappa shape index (κ1) is 8.05. The van der Waals surface area contributed by atoms with Gasteiger partial charge in [0.25, 0.3) is 0 Å². The first-order chi connectivity index (χ1) is 5.68. The first-order valence-electron chi connectivity index (χ1n) is 4.56. The molecule has 12 heavy (non-hydrogen) atoms. The lowest BCUT2D eigenvalue weighted by Crippen LogP contribution is -2.38. The molecule has 2 rings (SSSR count). The molecule has 2 aliphatic rings. The summed E-state index contributed by atoms with van der Waals surface area (Å²) in [5.41, 5.74) is 0. The van der Waals surface area contributed by atoms with Crippen LogP contribution >= 0.6 is 0 Å². The molecular formula is C9H14O3. The molecule has 0 amide bonds. The number of carbonyl (C=O) groups excluding carboxylic acids is 1. The topological polar surface area (TPSA) is 46.5 Å². The lowest BCUT2D eigenvalue weighted by atomic mass is 9.86. The number of carbonyl (C=O) groups is 1. The molecule has 1 aliphatic carbocycles. The number of hydrogen-bond donors (Lipinski definition) is 1. The van der Waals surface area contributed by atoms with Gasteiger partial charge in [0, 0.05) is 12.3 Å². The van der Waals surface area contributed by atoms with Gasteiger partial charge in [0.1, 0.15) is 0 Å². The van der Waals surface area contributed by atoms with Crippen LogP contribution in [-0.4, -0.2) is 17.4 Å². The Morgan fingerprint density at radius 1 is 1.50 bits per heavy atom. The predicted octanol–water partition coefficient (Wildman–Crippen LogP) is 0.914. The SMILES string of the molecule is C[C@H]1CC[C@@H]2CC(=O)OC(O)[C@@H]21. The molecular weight excluding hydrogens is 156 g/mol. The Morgan fingerprint density at radius 3 is 3.00 bits per heavy atom. The molecule has 4 atom stereocenters. The molecule has 1 unspecified atom stereocenters. The molecule has 0 bridgehead atoms. The Kier molecular flexibility index (Phi) is 1.83. The van der Waals surface area contributed by atoms with Crippen LogP contribution in [0.5, 0.6) is 0 Å². The van der Waals surface area contributed by atoms with Crippen LogP contribution in [0.1, 0.15) is 26.2 Å². The van der Waals surface area contributed by atoms with Crippen molar-refractivity contribution in [1.29, 1.82) is 0 Å². The average Bonchev–Trinajstić information content (AvgIpc) is 2.31. The van der Waals surface area contributed by atoms with Gasteiger partial charge in [0.2, 0.25) is 6.29 Å². The highest BCUT2D eigenvalue weighted by Gasteiger charge is 2.44. The van der Waals surface area contributed by atoms with Gasteiger partial charge >= 0.3 is 5.97 Å². The zero-order chi connectivity index (χ0) is 8.72. The Balaban J connectivity index is 2.14. The third-order valence-electron chi connectivity index (χ3n) is 3.20. The Labute approximate surface area is 71.7 Å². The maximum atomic E-state index is 10.9. The van der Waals surface area contributed by atoms with Crippen LogP contribution in [0.25, 0.3) is 0 Å². The quantitative estimate of drug-likeness (QED) is 0.550. The maximum Gasteiger partial charge on any atom is 0.308 e. The Hall–Kier alpha value is -0.570. The third kappa shape index (κ3) is 1.12. The monoisotopic (exact) mass is 170 g/mol. The number of aliphatic hydroxyl groups excluding tert-OH is 1. The Morgan fingerprint density at radius 2 is 2.25 bits per heavy atom. The van der Waals surface area contributed by atoms with E-state index in [9.17, 15) is 9.90 Å². The number of aliphatic hydroxyl groups is 1. The number of hydrogen-bond acceptors (Lipinski definition) is 3. The van der Waals surface area contributed by atoms with Gasteiger partial charge in [-0.3, -0.25) is 4.79 Å². The van der Waals surface area contributed by atoms with Crippen LogP contribution in [-0.2, 0) is 9.53 Å². The van der Waals surface area contributed by atoms with Crippen molar-refractivity contribution in [2.24, 2.45) is 17.8 Å². The van der Waals surface area contributed by atoms with E-state index in [0.717, 1.165) is 12.8 Å². The molecule has 2 fully saturated rings. The molecule has 0 radical (unpaired) electrons. The van der Waals surface area contributed by atoms with Gasteiger partial charge in [-0.15, -0.1) is 0 Å². The van der Waals surface area contributed by atoms with Crippen LogP contribution in [0, 0.1) is 17.8 Å². The summed E-state index contributed by atoms with van der Waals surface area (Å²) in [7, 11) is 0. The van der Waals surface area contributed by atoms with Crippen LogP contribution in [0.15, 0.2) is 0 Å². The van der Waals surface area contributed by atoms with E-state index in [4.69, 9.17) is 4.74 Å². The van der Waals surface area contributed by atoms with Gasteiger partial charge in [0.05, 0.1) is 0 Å². The van der Waals surface area contributed by atoms with E-state index in [0.29, 0.717) is 18.3 Å². The minimum Gasteiger partial charge on any atom is -0.436 e. The molecule has 0 aromatic carbocycles. The van der Waals surface area contributed by atoms with Crippen LogP contribution < -0.4 is 0 Å². The van der Waals surface area contributed by atoms with Crippen molar-refractivity contribution < 1.29 is 14.6 Å². The number of ether oxygens (including phenoxy) is 1. The zero-order valence-electron chi connectivity index (χ0n) is 7.19. The summed E-state index contributed by atoms with van der Waals surface area (Å²) < 4.78 is 4.79. The number of esters is 1. The summed E-state index contributed by atoms with van der Waals surface area (Å²) in [5, 5.41) is 9.48. The van der Waals surface area contributed by atoms with Gasteiger partial charge in [-0.2, -0.15) is 0 Å². The van der Waals surface area contributed by atoms with Crippen molar-refractivity contribution in [2.45, 2.75) is 32.5 Å². The van der Waals surface area contributed by atoms with E-state index in [2.05, 4.69) is 6.92 Å². The lowest BCUT2D eigenvalue weighted by Gasteiger charge is -2.31. The number of rotatable bonds is 0. The molecule has 0 aromatic rings. The minimum absolute atomic E-state index is 0.197. The molecule has 0 spiro atoms.